The van der Waals surface area contributed by atoms with E-state index in [4.69, 9.17) is 10.6 Å². The van der Waals surface area contributed by atoms with Crippen LogP contribution in [0.2, 0.25) is 0 Å². The fourth-order valence-corrected chi connectivity index (χ4v) is 5.73. The van der Waals surface area contributed by atoms with Gasteiger partial charge in [-0.05, 0) is 43.0 Å². The number of aliphatic carboxylic acids is 2. The molecule has 2 aromatic heterocycles. The number of nitrogens with two attached hydrogens (primary N) is 1. The molecule has 0 aliphatic carbocycles. The molecule has 2 aliphatic rings. The van der Waals surface area contributed by atoms with E-state index in [2.05, 4.69) is 24.8 Å². The Morgan fingerprint density at radius 2 is 2.13 bits per heavy atom. The monoisotopic (exact) mass is 591 g/mol. The summed E-state index contributed by atoms with van der Waals surface area (Å²) in [5.74, 6) is -4.13. The number of carbonyl (C=O) groups excluding carboxylic acids is 2. The van der Waals surface area contributed by atoms with Gasteiger partial charge in [0.25, 0.3) is 11.8 Å². The summed E-state index contributed by atoms with van der Waals surface area (Å²) in [5, 5.41) is 26.3. The van der Waals surface area contributed by atoms with E-state index in [0.29, 0.717) is 5.57 Å². The standard InChI is InChI=1S/C22H21N7O7S3/c1-22(2,20(34)35)36-27-12(15-26-21(23)39-28-15)16(30)25-13-17(31)29-14(19(32)33)10(9-38-18(13)29)5-7-37-11-4-3-6-24-8-11/h3-8,13,18H,9H2,1-2H3,(H,25,30)(H,32,33)(H,34,35)(H2,23,26,28)/b7-5+,27-12-/t13?,18-/m1/s1. The number of thioether (sulfide) groups is 2. The molecule has 2 aromatic rings. The summed E-state index contributed by atoms with van der Waals surface area (Å²) in [5.41, 5.74) is 3.60. The quantitative estimate of drug-likeness (QED) is 0.132. The Labute approximate surface area is 233 Å². The molecule has 0 saturated carbocycles. The minimum atomic E-state index is -1.78. The van der Waals surface area contributed by atoms with Crippen molar-refractivity contribution < 1.29 is 34.2 Å². The number of fused-ring (bicyclic) bond motifs is 1. The number of hydrogen-bond donors (Lipinski definition) is 4. The molecule has 17 heteroatoms. The number of oxime groups is 1. The Kier molecular flexibility index (Phi) is 8.22. The van der Waals surface area contributed by atoms with Gasteiger partial charge in [-0.15, -0.1) is 11.8 Å². The van der Waals surface area contributed by atoms with Crippen molar-refractivity contribution in [3.05, 3.63) is 53.1 Å². The van der Waals surface area contributed by atoms with E-state index in [-0.39, 0.29) is 22.4 Å². The largest absolute Gasteiger partial charge is 0.478 e. The number of rotatable bonds is 10. The van der Waals surface area contributed by atoms with Crippen LogP contribution in [-0.4, -0.2) is 81.7 Å². The molecule has 0 radical (unpaired) electrons. The number of amides is 2. The highest BCUT2D eigenvalue weighted by molar-refractivity contribution is 8.02. The first-order valence-corrected chi connectivity index (χ1v) is 13.7. The van der Waals surface area contributed by atoms with Gasteiger partial charge in [0.15, 0.2) is 5.13 Å². The van der Waals surface area contributed by atoms with E-state index >= 15 is 0 Å². The molecule has 2 atom stereocenters. The van der Waals surface area contributed by atoms with Gasteiger partial charge in [-0.3, -0.25) is 19.5 Å². The molecule has 0 aromatic carbocycles. The summed E-state index contributed by atoms with van der Waals surface area (Å²) < 4.78 is 3.92. The Balaban J connectivity index is 1.52. The summed E-state index contributed by atoms with van der Waals surface area (Å²) in [6.07, 6.45) is 4.94. The topological polar surface area (TPSA) is 210 Å². The van der Waals surface area contributed by atoms with Crippen molar-refractivity contribution >= 4 is 69.7 Å². The van der Waals surface area contributed by atoms with Gasteiger partial charge in [0.05, 0.1) is 0 Å². The molecule has 4 rings (SSSR count). The number of carboxylic acid groups (broad SMARTS) is 2. The van der Waals surface area contributed by atoms with Crippen molar-refractivity contribution in [1.82, 2.24) is 24.6 Å². The minimum absolute atomic E-state index is 0.0234. The zero-order chi connectivity index (χ0) is 28.3. The summed E-state index contributed by atoms with van der Waals surface area (Å²) in [7, 11) is 0. The number of nitrogen functional groups attached to an aromatic ring is 1. The second-order valence-corrected chi connectivity index (χ2v) is 11.3. The fourth-order valence-electron chi connectivity index (χ4n) is 3.31. The molecule has 204 valence electrons. The molecule has 0 bridgehead atoms. The second kappa shape index (κ2) is 11.4. The van der Waals surface area contributed by atoms with E-state index in [1.165, 1.54) is 37.4 Å². The van der Waals surface area contributed by atoms with Crippen LogP contribution >= 0.6 is 35.1 Å². The van der Waals surface area contributed by atoms with Gasteiger partial charge >= 0.3 is 11.9 Å². The first-order chi connectivity index (χ1) is 18.5. The third kappa shape index (κ3) is 6.04. The van der Waals surface area contributed by atoms with E-state index in [0.717, 1.165) is 21.3 Å². The lowest BCUT2D eigenvalue weighted by Crippen LogP contribution is -2.71. The number of anilines is 1. The summed E-state index contributed by atoms with van der Waals surface area (Å²) >= 11 is 3.40. The number of nitrogens with zero attached hydrogens (tertiary/aromatic N) is 5. The molecule has 39 heavy (non-hydrogen) atoms. The third-order valence-electron chi connectivity index (χ3n) is 5.34. The van der Waals surface area contributed by atoms with Gasteiger partial charge in [0, 0.05) is 34.6 Å². The van der Waals surface area contributed by atoms with Crippen LogP contribution in [0.15, 0.2) is 57.3 Å². The van der Waals surface area contributed by atoms with E-state index in [1.54, 1.807) is 29.9 Å². The van der Waals surface area contributed by atoms with Gasteiger partial charge in [-0.1, -0.05) is 16.9 Å². The van der Waals surface area contributed by atoms with Crippen LogP contribution in [-0.2, 0) is 24.0 Å². The molecular weight excluding hydrogens is 570 g/mol. The molecule has 1 unspecified atom stereocenters. The summed E-state index contributed by atoms with van der Waals surface area (Å²) in [6, 6.07) is 2.55. The van der Waals surface area contributed by atoms with Crippen molar-refractivity contribution in [2.75, 3.05) is 11.5 Å². The molecular formula is C22H21N7O7S3. The Morgan fingerprint density at radius 1 is 1.36 bits per heavy atom. The third-order valence-corrected chi connectivity index (χ3v) is 7.97. The molecule has 1 fully saturated rings. The number of hydrogen-bond acceptors (Lipinski definition) is 13. The number of carboxylic acids is 2. The SMILES string of the molecule is CC(C)(O/N=C(\C(=O)NC1C(=O)N2C(C(=O)O)=C(/C=C/Sc3cccnc3)CS[C@H]12)c1nsc(N)n1)C(=O)O. The zero-order valence-corrected chi connectivity index (χ0v) is 22.7. The maximum Gasteiger partial charge on any atom is 0.352 e. The molecule has 2 amide bonds. The van der Waals surface area contributed by atoms with Gasteiger partial charge in [0.1, 0.15) is 17.1 Å². The molecule has 2 aliphatic heterocycles. The minimum Gasteiger partial charge on any atom is -0.478 e. The fraction of sp³-hybridized carbons (Fsp3) is 0.273. The van der Waals surface area contributed by atoms with Gasteiger partial charge < -0.3 is 26.1 Å². The second-order valence-electron chi connectivity index (χ2n) is 8.45. The van der Waals surface area contributed by atoms with Crippen LogP contribution in [0.25, 0.3) is 0 Å². The lowest BCUT2D eigenvalue weighted by atomic mass is 10.0. The smallest absolute Gasteiger partial charge is 0.352 e. The van der Waals surface area contributed by atoms with Crippen molar-refractivity contribution in [3.63, 3.8) is 0 Å². The van der Waals surface area contributed by atoms with E-state index in [9.17, 15) is 29.4 Å². The van der Waals surface area contributed by atoms with Crippen LogP contribution in [0, 0.1) is 0 Å². The van der Waals surface area contributed by atoms with Crippen LogP contribution in [0.4, 0.5) is 5.13 Å². The predicted molar refractivity (Wildman–Crippen MR) is 143 cm³/mol. The lowest BCUT2D eigenvalue weighted by Gasteiger charge is -2.49. The average Bonchev–Trinajstić information content (AvgIpc) is 3.32. The first kappa shape index (κ1) is 28.1. The Morgan fingerprint density at radius 3 is 2.74 bits per heavy atom. The molecule has 1 saturated heterocycles. The normalized spacial score (nSPS) is 19.5. The van der Waals surface area contributed by atoms with Crippen LogP contribution in [0.1, 0.15) is 19.7 Å². The highest BCUT2D eigenvalue weighted by Crippen LogP contribution is 2.41. The van der Waals surface area contributed by atoms with Crippen molar-refractivity contribution in [1.29, 1.82) is 0 Å². The number of allylic oxidation sites excluding steroid dienone is 1. The highest BCUT2D eigenvalue weighted by atomic mass is 32.2. The molecule has 0 spiro atoms. The van der Waals surface area contributed by atoms with Crippen LogP contribution in [0.5, 0.6) is 0 Å². The number of aromatic nitrogens is 3. The van der Waals surface area contributed by atoms with Crippen molar-refractivity contribution in [2.24, 2.45) is 5.16 Å². The first-order valence-electron chi connectivity index (χ1n) is 11.0. The van der Waals surface area contributed by atoms with E-state index < -0.39 is 46.5 Å². The molecule has 4 heterocycles. The van der Waals surface area contributed by atoms with Crippen molar-refractivity contribution in [3.8, 4) is 0 Å². The van der Waals surface area contributed by atoms with Crippen molar-refractivity contribution in [2.45, 2.75) is 35.8 Å². The number of β-lactam (4-membered cyclic amide) rings is 1. The van der Waals surface area contributed by atoms with Gasteiger partial charge in [-0.2, -0.15) is 9.36 Å². The van der Waals surface area contributed by atoms with Gasteiger partial charge in [0.2, 0.25) is 17.1 Å². The summed E-state index contributed by atoms with van der Waals surface area (Å²) in [4.78, 5) is 64.5. The van der Waals surface area contributed by atoms with Gasteiger partial charge in [-0.25, -0.2) is 9.59 Å². The molecule has 14 nitrogen and oxygen atoms in total. The maximum absolute atomic E-state index is 13.1. The Hall–Kier alpha value is -3.96. The van der Waals surface area contributed by atoms with E-state index in [1.807, 2.05) is 6.07 Å². The lowest BCUT2D eigenvalue weighted by molar-refractivity contribution is -0.161. The predicted octanol–water partition coefficient (Wildman–Crippen LogP) is 1.14. The maximum atomic E-state index is 13.1. The number of carbonyl (C=O) groups is 4. The van der Waals surface area contributed by atoms with Crippen LogP contribution in [0.3, 0.4) is 0 Å². The van der Waals surface area contributed by atoms with Crippen LogP contribution < -0.4 is 11.1 Å². The average molecular weight is 592 g/mol. The number of nitrogens with one attached hydrogen (secondary N) is 1. The summed E-state index contributed by atoms with van der Waals surface area (Å²) in [6.45, 7) is 2.45. The Bertz CT molecular complexity index is 1410. The highest BCUT2D eigenvalue weighted by Gasteiger charge is 2.54. The molecule has 5 N–H and O–H groups in total. The zero-order valence-electron chi connectivity index (χ0n) is 20.3. The number of pyridine rings is 1.